The van der Waals surface area contributed by atoms with Gasteiger partial charge in [-0.2, -0.15) is 0 Å². The summed E-state index contributed by atoms with van der Waals surface area (Å²) in [6, 6.07) is 0. The van der Waals surface area contributed by atoms with Crippen molar-refractivity contribution in [2.45, 2.75) is 6.42 Å². The molecule has 5 nitrogen and oxygen atoms in total. The Morgan fingerprint density at radius 1 is 1.46 bits per heavy atom. The van der Waals surface area contributed by atoms with Gasteiger partial charge >= 0.3 is 11.9 Å². The first-order valence-electron chi connectivity index (χ1n) is 3.97. The summed E-state index contributed by atoms with van der Waals surface area (Å²) in [5.74, 6) is -0.908. The van der Waals surface area contributed by atoms with Gasteiger partial charge in [-0.15, -0.1) is 5.06 Å². The van der Waals surface area contributed by atoms with Gasteiger partial charge in [0.05, 0.1) is 19.5 Å². The molecule has 5 heteroatoms. The molecule has 0 unspecified atom stereocenters. The number of ether oxygens (including phenoxy) is 1. The van der Waals surface area contributed by atoms with E-state index in [1.807, 2.05) is 0 Å². The number of carbonyl (C=O) groups is 2. The number of nitrogens with zero attached hydrogens (tertiary/aromatic N) is 1. The molecule has 0 amide bonds. The van der Waals surface area contributed by atoms with Crippen LogP contribution in [-0.4, -0.2) is 36.7 Å². The van der Waals surface area contributed by atoms with E-state index >= 15 is 0 Å². The molecule has 0 atom stereocenters. The van der Waals surface area contributed by atoms with Crippen molar-refractivity contribution in [1.82, 2.24) is 5.06 Å². The monoisotopic (exact) mass is 185 g/mol. The molecule has 1 saturated heterocycles. The fourth-order valence-electron chi connectivity index (χ4n) is 0.616. The highest BCUT2D eigenvalue weighted by Gasteiger charge is 2.22. The Kier molecular flexibility index (Phi) is 3.45. The quantitative estimate of drug-likeness (QED) is 0.339. The van der Waals surface area contributed by atoms with Crippen molar-refractivity contribution < 1.29 is 19.2 Å². The molecule has 0 spiro atoms. The SMILES string of the molecule is C=CC(=O)OCCC(=O)ON1CC1. The summed E-state index contributed by atoms with van der Waals surface area (Å²) >= 11 is 0. The lowest BCUT2D eigenvalue weighted by Gasteiger charge is -2.02. The Morgan fingerprint density at radius 3 is 2.69 bits per heavy atom. The molecule has 1 aliphatic rings. The van der Waals surface area contributed by atoms with Crippen molar-refractivity contribution in [3.05, 3.63) is 12.7 Å². The van der Waals surface area contributed by atoms with Gasteiger partial charge in [0.25, 0.3) is 0 Å². The summed E-state index contributed by atoms with van der Waals surface area (Å²) < 4.78 is 4.59. The second kappa shape index (κ2) is 4.61. The number of rotatable bonds is 5. The van der Waals surface area contributed by atoms with Gasteiger partial charge in [0, 0.05) is 6.08 Å². The zero-order valence-electron chi connectivity index (χ0n) is 7.19. The van der Waals surface area contributed by atoms with E-state index in [-0.39, 0.29) is 19.0 Å². The van der Waals surface area contributed by atoms with Crippen LogP contribution in [0.15, 0.2) is 12.7 Å². The first kappa shape index (κ1) is 9.73. The molecular weight excluding hydrogens is 174 g/mol. The van der Waals surface area contributed by atoms with Crippen molar-refractivity contribution in [1.29, 1.82) is 0 Å². The number of carbonyl (C=O) groups excluding carboxylic acids is 2. The minimum absolute atomic E-state index is 0.0392. The zero-order valence-corrected chi connectivity index (χ0v) is 7.19. The van der Waals surface area contributed by atoms with Crippen LogP contribution in [0.5, 0.6) is 0 Å². The lowest BCUT2D eigenvalue weighted by molar-refractivity contribution is -0.167. The highest BCUT2D eigenvalue weighted by Crippen LogP contribution is 2.04. The Bertz CT molecular complexity index is 222. The van der Waals surface area contributed by atoms with Crippen LogP contribution in [-0.2, 0) is 19.2 Å². The molecule has 0 radical (unpaired) electrons. The average molecular weight is 185 g/mol. The lowest BCUT2D eigenvalue weighted by Crippen LogP contribution is -2.13. The Labute approximate surface area is 75.9 Å². The number of hydrogen-bond acceptors (Lipinski definition) is 5. The van der Waals surface area contributed by atoms with E-state index in [1.165, 1.54) is 5.06 Å². The summed E-state index contributed by atoms with van der Waals surface area (Å²) in [6.07, 6.45) is 1.13. The Balaban J connectivity index is 2.00. The fourth-order valence-corrected chi connectivity index (χ4v) is 0.616. The van der Waals surface area contributed by atoms with Crippen molar-refractivity contribution in [3.8, 4) is 0 Å². The van der Waals surface area contributed by atoms with Crippen molar-refractivity contribution in [2.75, 3.05) is 19.7 Å². The topological polar surface area (TPSA) is 55.6 Å². The van der Waals surface area contributed by atoms with Gasteiger partial charge < -0.3 is 9.57 Å². The van der Waals surface area contributed by atoms with E-state index in [1.54, 1.807) is 0 Å². The fraction of sp³-hybridized carbons (Fsp3) is 0.500. The average Bonchev–Trinajstić information content (AvgIpc) is 2.88. The van der Waals surface area contributed by atoms with E-state index in [0.717, 1.165) is 19.2 Å². The predicted octanol–water partition coefficient (Wildman–Crippen LogP) is -0.121. The van der Waals surface area contributed by atoms with Gasteiger partial charge in [0.1, 0.15) is 6.61 Å². The Morgan fingerprint density at radius 2 is 2.15 bits per heavy atom. The van der Waals surface area contributed by atoms with Crippen molar-refractivity contribution in [2.24, 2.45) is 0 Å². The Hall–Kier alpha value is -1.36. The van der Waals surface area contributed by atoms with Crippen molar-refractivity contribution >= 4 is 11.9 Å². The molecule has 0 aliphatic carbocycles. The molecule has 1 rings (SSSR count). The first-order valence-corrected chi connectivity index (χ1v) is 3.97. The van der Waals surface area contributed by atoms with Gasteiger partial charge in [-0.05, 0) is 0 Å². The van der Waals surface area contributed by atoms with Gasteiger partial charge in [0.2, 0.25) is 0 Å². The summed E-state index contributed by atoms with van der Waals surface area (Å²) in [6.45, 7) is 4.84. The summed E-state index contributed by atoms with van der Waals surface area (Å²) in [5.41, 5.74) is 0. The summed E-state index contributed by atoms with van der Waals surface area (Å²) in [7, 11) is 0. The summed E-state index contributed by atoms with van der Waals surface area (Å²) in [4.78, 5) is 26.2. The smallest absolute Gasteiger partial charge is 0.330 e. The minimum atomic E-state index is -0.528. The third kappa shape index (κ3) is 4.27. The third-order valence-electron chi connectivity index (χ3n) is 1.35. The molecule has 0 saturated carbocycles. The van der Waals surface area contributed by atoms with E-state index < -0.39 is 5.97 Å². The van der Waals surface area contributed by atoms with Crippen LogP contribution >= 0.6 is 0 Å². The molecular formula is C8H11NO4. The van der Waals surface area contributed by atoms with Crippen LogP contribution in [0.2, 0.25) is 0 Å². The van der Waals surface area contributed by atoms with Gasteiger partial charge in [-0.1, -0.05) is 6.58 Å². The highest BCUT2D eigenvalue weighted by molar-refractivity contribution is 5.81. The van der Waals surface area contributed by atoms with Gasteiger partial charge in [0.15, 0.2) is 0 Å². The molecule has 0 bridgehead atoms. The number of esters is 1. The third-order valence-corrected chi connectivity index (χ3v) is 1.35. The van der Waals surface area contributed by atoms with Crippen LogP contribution in [0.1, 0.15) is 6.42 Å². The number of hydroxylamine groups is 2. The highest BCUT2D eigenvalue weighted by atomic mass is 16.7. The second-order valence-electron chi connectivity index (χ2n) is 2.51. The van der Waals surface area contributed by atoms with E-state index in [4.69, 9.17) is 4.84 Å². The largest absolute Gasteiger partial charge is 0.462 e. The molecule has 0 aromatic heterocycles. The van der Waals surface area contributed by atoms with Crippen LogP contribution in [0.3, 0.4) is 0 Å². The van der Waals surface area contributed by atoms with E-state index in [9.17, 15) is 9.59 Å². The van der Waals surface area contributed by atoms with Gasteiger partial charge in [-0.3, -0.25) is 4.79 Å². The maximum atomic E-state index is 10.9. The van der Waals surface area contributed by atoms with Crippen LogP contribution < -0.4 is 0 Å². The molecule has 0 aromatic rings. The van der Waals surface area contributed by atoms with Crippen LogP contribution in [0.25, 0.3) is 0 Å². The minimum Gasteiger partial charge on any atom is -0.462 e. The molecule has 0 aromatic carbocycles. The normalized spacial score (nSPS) is 14.8. The molecule has 1 fully saturated rings. The summed E-state index contributed by atoms with van der Waals surface area (Å²) in [5, 5.41) is 1.53. The van der Waals surface area contributed by atoms with Gasteiger partial charge in [-0.25, -0.2) is 4.79 Å². The maximum absolute atomic E-state index is 10.9. The molecule has 72 valence electrons. The molecule has 13 heavy (non-hydrogen) atoms. The molecule has 0 N–H and O–H groups in total. The van der Waals surface area contributed by atoms with Crippen molar-refractivity contribution in [3.63, 3.8) is 0 Å². The van der Waals surface area contributed by atoms with Crippen LogP contribution in [0, 0.1) is 0 Å². The van der Waals surface area contributed by atoms with E-state index in [2.05, 4.69) is 11.3 Å². The zero-order chi connectivity index (χ0) is 9.68. The van der Waals surface area contributed by atoms with Crippen LogP contribution in [0.4, 0.5) is 0 Å². The molecule has 1 aliphatic heterocycles. The predicted molar refractivity (Wildman–Crippen MR) is 43.4 cm³/mol. The standard InChI is InChI=1S/C8H11NO4/c1-2-7(10)12-6-3-8(11)13-9-4-5-9/h2H,1,3-6H2. The first-order chi connectivity index (χ1) is 6.22. The second-order valence-corrected chi connectivity index (χ2v) is 2.51. The number of hydrogen-bond donors (Lipinski definition) is 0. The van der Waals surface area contributed by atoms with E-state index in [0.29, 0.717) is 0 Å². The molecule has 1 heterocycles. The maximum Gasteiger partial charge on any atom is 0.330 e. The lowest BCUT2D eigenvalue weighted by atomic mass is 10.5.